The number of carbonyl (C=O) groups is 3. The third kappa shape index (κ3) is 2.86. The van der Waals surface area contributed by atoms with Crippen molar-refractivity contribution in [2.75, 3.05) is 6.61 Å². The molecule has 2 saturated carbocycles. The van der Waals surface area contributed by atoms with Crippen LogP contribution in [-0.2, 0) is 23.9 Å². The van der Waals surface area contributed by atoms with E-state index in [1.54, 1.807) is 26.0 Å². The van der Waals surface area contributed by atoms with Gasteiger partial charge >= 0.3 is 11.9 Å². The fraction of sp³-hybridized carbons (Fsp3) is 0.682. The average molecular weight is 374 g/mol. The summed E-state index contributed by atoms with van der Waals surface area (Å²) in [4.78, 5) is 36.8. The van der Waals surface area contributed by atoms with E-state index in [1.165, 1.54) is 6.92 Å². The maximum Gasteiger partial charge on any atom is 0.333 e. The Morgan fingerprint density at radius 1 is 1.26 bits per heavy atom. The molecular formula is C22H30O5. The summed E-state index contributed by atoms with van der Waals surface area (Å²) in [5.74, 6) is -0.366. The summed E-state index contributed by atoms with van der Waals surface area (Å²) < 4.78 is 11.3. The minimum atomic E-state index is -0.591. The maximum absolute atomic E-state index is 12.8. The molecule has 6 atom stereocenters. The topological polar surface area (TPSA) is 69.7 Å². The van der Waals surface area contributed by atoms with E-state index in [9.17, 15) is 14.4 Å². The van der Waals surface area contributed by atoms with Gasteiger partial charge < -0.3 is 9.47 Å². The highest BCUT2D eigenvalue weighted by molar-refractivity contribution is 5.96. The highest BCUT2D eigenvalue weighted by Gasteiger charge is 2.71. The molecule has 0 aromatic rings. The van der Waals surface area contributed by atoms with Crippen molar-refractivity contribution in [2.24, 2.45) is 28.6 Å². The van der Waals surface area contributed by atoms with Crippen molar-refractivity contribution in [3.05, 3.63) is 23.3 Å². The van der Waals surface area contributed by atoms with Gasteiger partial charge in [-0.2, -0.15) is 0 Å². The Morgan fingerprint density at radius 2 is 1.93 bits per heavy atom. The third-order valence-electron chi connectivity index (χ3n) is 7.33. The van der Waals surface area contributed by atoms with Crippen molar-refractivity contribution >= 4 is 17.7 Å². The van der Waals surface area contributed by atoms with Gasteiger partial charge in [0.25, 0.3) is 0 Å². The van der Waals surface area contributed by atoms with E-state index in [1.807, 2.05) is 13.8 Å². The van der Waals surface area contributed by atoms with Crippen LogP contribution in [0.2, 0.25) is 0 Å². The summed E-state index contributed by atoms with van der Waals surface area (Å²) in [5, 5.41) is 0. The predicted molar refractivity (Wildman–Crippen MR) is 101 cm³/mol. The molecule has 0 aromatic heterocycles. The standard InChI is InChI=1S/C22H30O5/c1-7-12(2)20(25)26-11-22(6)16(27-14(4)23)8-9-21(5)17-13(3)10-15(24)18(21)19(17)22/h7,10,16-19H,8-9,11H2,1-6H3. The van der Waals surface area contributed by atoms with Gasteiger partial charge in [0.2, 0.25) is 0 Å². The molecule has 3 rings (SSSR count). The number of allylic oxidation sites excluding steroid dienone is 3. The zero-order valence-electron chi connectivity index (χ0n) is 17.1. The van der Waals surface area contributed by atoms with Gasteiger partial charge in [-0.25, -0.2) is 4.79 Å². The molecule has 5 nitrogen and oxygen atoms in total. The molecule has 27 heavy (non-hydrogen) atoms. The first-order valence-electron chi connectivity index (χ1n) is 9.75. The van der Waals surface area contributed by atoms with Crippen molar-refractivity contribution in [1.29, 1.82) is 0 Å². The second-order valence-corrected chi connectivity index (χ2v) is 8.97. The van der Waals surface area contributed by atoms with Gasteiger partial charge in [0, 0.05) is 23.8 Å². The second kappa shape index (κ2) is 6.61. The van der Waals surface area contributed by atoms with Gasteiger partial charge in [0.15, 0.2) is 5.78 Å². The van der Waals surface area contributed by atoms with Crippen LogP contribution >= 0.6 is 0 Å². The van der Waals surface area contributed by atoms with Crippen LogP contribution in [0.5, 0.6) is 0 Å². The zero-order chi connectivity index (χ0) is 20.1. The fourth-order valence-electron chi connectivity index (χ4n) is 5.89. The molecule has 0 amide bonds. The second-order valence-electron chi connectivity index (χ2n) is 8.97. The van der Waals surface area contributed by atoms with Gasteiger partial charge in [0.05, 0.1) is 0 Å². The van der Waals surface area contributed by atoms with Gasteiger partial charge in [-0.05, 0) is 56.9 Å². The van der Waals surface area contributed by atoms with Crippen molar-refractivity contribution in [3.63, 3.8) is 0 Å². The first kappa shape index (κ1) is 19.8. The van der Waals surface area contributed by atoms with Crippen LogP contribution in [0.1, 0.15) is 54.4 Å². The van der Waals surface area contributed by atoms with Crippen molar-refractivity contribution in [3.8, 4) is 0 Å². The molecule has 3 aliphatic carbocycles. The molecule has 0 aromatic carbocycles. The molecule has 148 valence electrons. The average Bonchev–Trinajstić information content (AvgIpc) is 2.73. The number of hydrogen-bond donors (Lipinski definition) is 0. The Bertz CT molecular complexity index is 748. The van der Waals surface area contributed by atoms with Crippen molar-refractivity contribution in [2.45, 2.75) is 60.5 Å². The number of hydrogen-bond acceptors (Lipinski definition) is 5. The summed E-state index contributed by atoms with van der Waals surface area (Å²) in [7, 11) is 0. The number of fused-ring (bicyclic) bond motifs is 1. The molecule has 0 saturated heterocycles. The molecule has 0 N–H and O–H groups in total. The van der Waals surface area contributed by atoms with Crippen LogP contribution in [0.3, 0.4) is 0 Å². The van der Waals surface area contributed by atoms with Crippen LogP contribution in [0, 0.1) is 28.6 Å². The number of esters is 2. The lowest BCUT2D eigenvalue weighted by Gasteiger charge is -2.65. The predicted octanol–water partition coefficient (Wildman–Crippen LogP) is 3.63. The minimum Gasteiger partial charge on any atom is -0.462 e. The highest BCUT2D eigenvalue weighted by atomic mass is 16.6. The third-order valence-corrected chi connectivity index (χ3v) is 7.33. The Kier molecular flexibility index (Phi) is 4.86. The highest BCUT2D eigenvalue weighted by Crippen LogP contribution is 2.71. The van der Waals surface area contributed by atoms with E-state index in [4.69, 9.17) is 9.47 Å². The van der Waals surface area contributed by atoms with E-state index in [0.717, 1.165) is 12.0 Å². The zero-order valence-corrected chi connectivity index (χ0v) is 17.1. The Balaban J connectivity index is 1.98. The number of carbonyl (C=O) groups excluding carboxylic acids is 3. The Labute approximate surface area is 161 Å². The molecule has 0 heterocycles. The summed E-state index contributed by atoms with van der Waals surface area (Å²) in [6, 6.07) is 0. The van der Waals surface area contributed by atoms with E-state index < -0.39 is 5.41 Å². The van der Waals surface area contributed by atoms with Crippen molar-refractivity contribution < 1.29 is 23.9 Å². The van der Waals surface area contributed by atoms with Gasteiger partial charge in [-0.15, -0.1) is 0 Å². The van der Waals surface area contributed by atoms with Gasteiger partial charge in [-0.3, -0.25) is 9.59 Å². The largest absolute Gasteiger partial charge is 0.462 e. The minimum absolute atomic E-state index is 0.0190. The van der Waals surface area contributed by atoms with E-state index in [2.05, 4.69) is 6.92 Å². The lowest BCUT2D eigenvalue weighted by atomic mass is 9.38. The summed E-state index contributed by atoms with van der Waals surface area (Å²) in [6.45, 7) is 11.3. The van der Waals surface area contributed by atoms with Gasteiger partial charge in [0.1, 0.15) is 12.7 Å². The summed E-state index contributed by atoms with van der Waals surface area (Å²) in [5.41, 5.74) is 0.953. The fourth-order valence-corrected chi connectivity index (χ4v) is 5.89. The normalized spacial score (nSPS) is 40.4. The molecule has 6 unspecified atom stereocenters. The van der Waals surface area contributed by atoms with Crippen molar-refractivity contribution in [1.82, 2.24) is 0 Å². The lowest BCUT2D eigenvalue weighted by molar-refractivity contribution is -0.193. The Hall–Kier alpha value is -1.91. The summed E-state index contributed by atoms with van der Waals surface area (Å²) >= 11 is 0. The molecule has 0 aliphatic heterocycles. The molecule has 4 bridgehead atoms. The van der Waals surface area contributed by atoms with E-state index in [-0.39, 0.29) is 53.6 Å². The lowest BCUT2D eigenvalue weighted by Crippen LogP contribution is -2.66. The first-order valence-corrected chi connectivity index (χ1v) is 9.75. The molecule has 5 heteroatoms. The van der Waals surface area contributed by atoms with Crippen LogP contribution in [-0.4, -0.2) is 30.4 Å². The van der Waals surface area contributed by atoms with Crippen LogP contribution in [0.4, 0.5) is 0 Å². The summed E-state index contributed by atoms with van der Waals surface area (Å²) in [6.07, 6.45) is 4.62. The van der Waals surface area contributed by atoms with Crippen LogP contribution in [0.25, 0.3) is 0 Å². The quantitative estimate of drug-likeness (QED) is 0.555. The molecule has 0 spiro atoms. The smallest absolute Gasteiger partial charge is 0.333 e. The first-order chi connectivity index (χ1) is 12.6. The maximum atomic E-state index is 12.8. The Morgan fingerprint density at radius 3 is 2.48 bits per heavy atom. The molecule has 2 fully saturated rings. The SMILES string of the molecule is CC=C(C)C(=O)OCC1(C)C(OC(C)=O)CCC2(C)C3C(=O)C=C(C)C2C31. The molecule has 3 aliphatic rings. The van der Waals surface area contributed by atoms with Crippen LogP contribution in [0.15, 0.2) is 23.3 Å². The molecule has 0 radical (unpaired) electrons. The van der Waals surface area contributed by atoms with Gasteiger partial charge in [-0.1, -0.05) is 25.5 Å². The molecular weight excluding hydrogens is 344 g/mol. The monoisotopic (exact) mass is 374 g/mol. The van der Waals surface area contributed by atoms with Crippen LogP contribution < -0.4 is 0 Å². The van der Waals surface area contributed by atoms with E-state index >= 15 is 0 Å². The number of ether oxygens (including phenoxy) is 2. The number of rotatable bonds is 4. The number of ketones is 1. The van der Waals surface area contributed by atoms with E-state index in [0.29, 0.717) is 12.0 Å².